The minimum Gasteiger partial charge on any atom is -0.378 e. The highest BCUT2D eigenvalue weighted by Crippen LogP contribution is 2.27. The maximum atomic E-state index is 11.9. The molecule has 1 aromatic heterocycles. The third-order valence-corrected chi connectivity index (χ3v) is 4.69. The zero-order valence-electron chi connectivity index (χ0n) is 14.2. The number of hydrogen-bond donors (Lipinski definition) is 2. The maximum absolute atomic E-state index is 11.9. The van der Waals surface area contributed by atoms with Gasteiger partial charge in [0.1, 0.15) is 18.0 Å². The Labute approximate surface area is 143 Å². The monoisotopic (exact) mass is 333 g/mol. The molecule has 0 aromatic carbocycles. The summed E-state index contributed by atoms with van der Waals surface area (Å²) >= 11 is 0. The first-order valence-electron chi connectivity index (χ1n) is 8.96. The summed E-state index contributed by atoms with van der Waals surface area (Å²) in [4.78, 5) is 22.6. The lowest BCUT2D eigenvalue weighted by Crippen LogP contribution is -2.36. The fourth-order valence-corrected chi connectivity index (χ4v) is 3.35. The summed E-state index contributed by atoms with van der Waals surface area (Å²) in [7, 11) is 0. The van der Waals surface area contributed by atoms with E-state index in [9.17, 15) is 4.79 Å². The summed E-state index contributed by atoms with van der Waals surface area (Å²) in [5.74, 6) is 2.47. The van der Waals surface area contributed by atoms with Gasteiger partial charge in [-0.3, -0.25) is 4.79 Å². The highest BCUT2D eigenvalue weighted by Gasteiger charge is 2.18. The third kappa shape index (κ3) is 5.06. The fraction of sp³-hybridized carbons (Fsp3) is 0.706. The van der Waals surface area contributed by atoms with E-state index in [0.29, 0.717) is 25.4 Å². The number of hydrogen-bond acceptors (Lipinski definition) is 6. The molecule has 132 valence electrons. The summed E-state index contributed by atoms with van der Waals surface area (Å²) in [6, 6.07) is 1.95. The van der Waals surface area contributed by atoms with Crippen LogP contribution in [0.15, 0.2) is 12.4 Å². The lowest BCUT2D eigenvalue weighted by Gasteiger charge is -2.27. The third-order valence-electron chi connectivity index (χ3n) is 4.69. The molecule has 2 N–H and O–H groups in total. The predicted octanol–water partition coefficient (Wildman–Crippen LogP) is 1.42. The van der Waals surface area contributed by atoms with Crippen molar-refractivity contribution < 1.29 is 9.53 Å². The molecule has 1 amide bonds. The van der Waals surface area contributed by atoms with Crippen LogP contribution in [0.5, 0.6) is 0 Å². The minimum absolute atomic E-state index is 0.167. The van der Waals surface area contributed by atoms with Crippen LogP contribution in [-0.4, -0.2) is 55.3 Å². The summed E-state index contributed by atoms with van der Waals surface area (Å²) < 4.78 is 5.36. The molecular weight excluding hydrogens is 306 g/mol. The van der Waals surface area contributed by atoms with Gasteiger partial charge in [-0.05, 0) is 18.8 Å². The quantitative estimate of drug-likeness (QED) is 0.735. The smallest absolute Gasteiger partial charge is 0.220 e. The molecule has 0 radical (unpaired) electrons. The predicted molar refractivity (Wildman–Crippen MR) is 93.1 cm³/mol. The first kappa shape index (κ1) is 17.0. The number of ether oxygens (including phenoxy) is 1. The van der Waals surface area contributed by atoms with Crippen molar-refractivity contribution in [2.75, 3.05) is 49.6 Å². The number of nitrogens with zero attached hydrogens (tertiary/aromatic N) is 3. The first-order valence-corrected chi connectivity index (χ1v) is 8.96. The highest BCUT2D eigenvalue weighted by atomic mass is 16.5. The molecule has 2 fully saturated rings. The average Bonchev–Trinajstić information content (AvgIpc) is 3.13. The van der Waals surface area contributed by atoms with E-state index >= 15 is 0 Å². The Morgan fingerprint density at radius 3 is 2.79 bits per heavy atom. The highest BCUT2D eigenvalue weighted by molar-refractivity contribution is 5.76. The van der Waals surface area contributed by atoms with E-state index in [0.717, 1.165) is 37.9 Å². The van der Waals surface area contributed by atoms with Gasteiger partial charge in [0.15, 0.2) is 0 Å². The lowest BCUT2D eigenvalue weighted by molar-refractivity contribution is -0.121. The van der Waals surface area contributed by atoms with Crippen LogP contribution in [0.25, 0.3) is 0 Å². The van der Waals surface area contributed by atoms with Crippen LogP contribution in [0.4, 0.5) is 11.6 Å². The Kier molecular flexibility index (Phi) is 6.23. The van der Waals surface area contributed by atoms with Gasteiger partial charge >= 0.3 is 0 Å². The van der Waals surface area contributed by atoms with Crippen molar-refractivity contribution in [3.05, 3.63) is 12.4 Å². The van der Waals surface area contributed by atoms with Crippen molar-refractivity contribution >= 4 is 17.5 Å². The number of rotatable bonds is 7. The molecule has 0 unspecified atom stereocenters. The molecule has 0 atom stereocenters. The summed E-state index contributed by atoms with van der Waals surface area (Å²) in [6.45, 7) is 4.46. The molecular formula is C17H27N5O2. The van der Waals surface area contributed by atoms with Crippen molar-refractivity contribution in [1.29, 1.82) is 0 Å². The Bertz CT molecular complexity index is 527. The van der Waals surface area contributed by atoms with Crippen LogP contribution in [0, 0.1) is 5.92 Å². The van der Waals surface area contributed by atoms with Gasteiger partial charge in [-0.15, -0.1) is 0 Å². The second-order valence-corrected chi connectivity index (χ2v) is 6.49. The number of anilines is 2. The van der Waals surface area contributed by atoms with Crippen LogP contribution in [0.2, 0.25) is 0 Å². The van der Waals surface area contributed by atoms with Crippen LogP contribution in [0.3, 0.4) is 0 Å². The van der Waals surface area contributed by atoms with Crippen molar-refractivity contribution in [1.82, 2.24) is 15.3 Å². The zero-order chi connectivity index (χ0) is 16.6. The molecule has 7 heteroatoms. The Morgan fingerprint density at radius 1 is 1.21 bits per heavy atom. The van der Waals surface area contributed by atoms with E-state index in [1.807, 2.05) is 6.07 Å². The van der Waals surface area contributed by atoms with Gasteiger partial charge in [0.25, 0.3) is 0 Å². The van der Waals surface area contributed by atoms with Gasteiger partial charge in [0.2, 0.25) is 5.91 Å². The van der Waals surface area contributed by atoms with Gasteiger partial charge in [0.05, 0.1) is 13.2 Å². The van der Waals surface area contributed by atoms with Gasteiger partial charge < -0.3 is 20.3 Å². The molecule has 1 saturated carbocycles. The van der Waals surface area contributed by atoms with E-state index in [4.69, 9.17) is 4.74 Å². The Balaban J connectivity index is 1.37. The molecule has 0 bridgehead atoms. The van der Waals surface area contributed by atoms with Crippen molar-refractivity contribution in [2.45, 2.75) is 32.1 Å². The van der Waals surface area contributed by atoms with Crippen LogP contribution < -0.4 is 15.5 Å². The molecule has 3 rings (SSSR count). The number of nitrogens with one attached hydrogen (secondary N) is 2. The molecule has 1 saturated heterocycles. The molecule has 0 spiro atoms. The van der Waals surface area contributed by atoms with Crippen molar-refractivity contribution in [3.63, 3.8) is 0 Å². The second-order valence-electron chi connectivity index (χ2n) is 6.49. The van der Waals surface area contributed by atoms with E-state index < -0.39 is 0 Å². The SMILES string of the molecule is O=C(CC1CCCC1)NCCNc1cc(N2CCOCC2)ncn1. The molecule has 2 heterocycles. The largest absolute Gasteiger partial charge is 0.378 e. The molecule has 24 heavy (non-hydrogen) atoms. The fourth-order valence-electron chi connectivity index (χ4n) is 3.35. The van der Waals surface area contributed by atoms with Gasteiger partial charge in [-0.2, -0.15) is 0 Å². The molecule has 2 aliphatic rings. The van der Waals surface area contributed by atoms with Crippen LogP contribution >= 0.6 is 0 Å². The minimum atomic E-state index is 0.167. The molecule has 1 aliphatic carbocycles. The number of morpholine rings is 1. The standard InChI is InChI=1S/C17H27N5O2/c23-17(11-14-3-1-2-4-14)19-6-5-18-15-12-16(21-13-20-15)22-7-9-24-10-8-22/h12-14H,1-11H2,(H,19,23)(H,18,20,21). The molecule has 1 aliphatic heterocycles. The summed E-state index contributed by atoms with van der Waals surface area (Å²) in [6.07, 6.45) is 7.21. The van der Waals surface area contributed by atoms with Crippen LogP contribution in [-0.2, 0) is 9.53 Å². The molecule has 1 aromatic rings. The second kappa shape index (κ2) is 8.82. The van der Waals surface area contributed by atoms with E-state index in [2.05, 4.69) is 25.5 Å². The summed E-state index contributed by atoms with van der Waals surface area (Å²) in [5, 5.41) is 6.24. The first-order chi connectivity index (χ1) is 11.8. The molecule has 7 nitrogen and oxygen atoms in total. The number of amides is 1. The van der Waals surface area contributed by atoms with Crippen LogP contribution in [0.1, 0.15) is 32.1 Å². The zero-order valence-corrected chi connectivity index (χ0v) is 14.2. The van der Waals surface area contributed by atoms with E-state index in [1.54, 1.807) is 6.33 Å². The number of aromatic nitrogens is 2. The van der Waals surface area contributed by atoms with Gasteiger partial charge in [0, 0.05) is 38.7 Å². The normalized spacial score (nSPS) is 18.6. The topological polar surface area (TPSA) is 79.4 Å². The Hall–Kier alpha value is -1.89. The Morgan fingerprint density at radius 2 is 2.00 bits per heavy atom. The maximum Gasteiger partial charge on any atom is 0.220 e. The number of carbonyl (C=O) groups excluding carboxylic acids is 1. The van der Waals surface area contributed by atoms with Crippen molar-refractivity contribution in [3.8, 4) is 0 Å². The van der Waals surface area contributed by atoms with Crippen molar-refractivity contribution in [2.24, 2.45) is 5.92 Å². The van der Waals surface area contributed by atoms with E-state index in [1.165, 1.54) is 25.7 Å². The van der Waals surface area contributed by atoms with Gasteiger partial charge in [-0.1, -0.05) is 12.8 Å². The van der Waals surface area contributed by atoms with Gasteiger partial charge in [-0.25, -0.2) is 9.97 Å². The van der Waals surface area contributed by atoms with E-state index in [-0.39, 0.29) is 5.91 Å². The summed E-state index contributed by atoms with van der Waals surface area (Å²) in [5.41, 5.74) is 0. The number of carbonyl (C=O) groups is 1. The lowest BCUT2D eigenvalue weighted by atomic mass is 10.0. The average molecular weight is 333 g/mol.